The number of aryl methyl sites for hydroxylation is 1. The monoisotopic (exact) mass is 251 g/mol. The number of nitrogens with zero attached hydrogens (tertiary/aromatic N) is 3. The number of ether oxygens (including phenoxy) is 1. The zero-order valence-corrected chi connectivity index (χ0v) is 11.2. The summed E-state index contributed by atoms with van der Waals surface area (Å²) >= 11 is 0. The Kier molecular flexibility index (Phi) is 3.01. The first kappa shape index (κ1) is 12.0. The molecule has 1 aliphatic heterocycles. The molecule has 2 aliphatic rings. The Balaban J connectivity index is 1.79. The largest absolute Gasteiger partial charge is 0.408 e. The molecule has 1 aliphatic carbocycles. The molecule has 2 atom stereocenters. The van der Waals surface area contributed by atoms with Gasteiger partial charge in [0.05, 0.1) is 6.10 Å². The van der Waals surface area contributed by atoms with Gasteiger partial charge in [0.15, 0.2) is 0 Å². The number of aromatic nitrogens is 2. The van der Waals surface area contributed by atoms with Crippen LogP contribution in [-0.2, 0) is 4.74 Å². The van der Waals surface area contributed by atoms with Crippen molar-refractivity contribution in [3.8, 4) is 0 Å². The number of piperidine rings is 1. The Morgan fingerprint density at radius 3 is 2.89 bits per heavy atom. The zero-order valence-electron chi connectivity index (χ0n) is 11.2. The third-order valence-electron chi connectivity index (χ3n) is 4.50. The summed E-state index contributed by atoms with van der Waals surface area (Å²) in [5.74, 6) is 0.638. The number of anilines is 1. The minimum atomic E-state index is 0.301. The topological polar surface area (TPSA) is 51.4 Å². The molecule has 0 N–H and O–H groups in total. The van der Waals surface area contributed by atoms with E-state index in [0.29, 0.717) is 23.4 Å². The van der Waals surface area contributed by atoms with Gasteiger partial charge in [0.2, 0.25) is 5.89 Å². The van der Waals surface area contributed by atoms with Crippen LogP contribution in [-0.4, -0.2) is 36.5 Å². The quantitative estimate of drug-likeness (QED) is 0.806. The summed E-state index contributed by atoms with van der Waals surface area (Å²) in [5.41, 5.74) is 0.301. The number of methoxy groups -OCH3 is 1. The fourth-order valence-corrected chi connectivity index (χ4v) is 3.68. The summed E-state index contributed by atoms with van der Waals surface area (Å²) in [6, 6.07) is 0.674. The number of hydrogen-bond acceptors (Lipinski definition) is 5. The molecule has 0 aromatic carbocycles. The van der Waals surface area contributed by atoms with Gasteiger partial charge in [-0.1, -0.05) is 11.5 Å². The molecule has 3 rings (SSSR count). The lowest BCUT2D eigenvalue weighted by molar-refractivity contribution is 0.00155. The average Bonchev–Trinajstić information content (AvgIpc) is 2.96. The number of hydrogen-bond donors (Lipinski definition) is 0. The lowest BCUT2D eigenvalue weighted by Gasteiger charge is -2.42. The van der Waals surface area contributed by atoms with Crippen molar-refractivity contribution in [3.05, 3.63) is 5.89 Å². The van der Waals surface area contributed by atoms with Crippen LogP contribution in [0.15, 0.2) is 4.42 Å². The van der Waals surface area contributed by atoms with Crippen molar-refractivity contribution in [3.63, 3.8) is 0 Å². The van der Waals surface area contributed by atoms with Gasteiger partial charge in [-0.3, -0.25) is 0 Å². The Labute approximate surface area is 108 Å². The second-order valence-electron chi connectivity index (χ2n) is 5.61. The first-order chi connectivity index (χ1) is 8.73. The van der Waals surface area contributed by atoms with Crippen LogP contribution in [0.25, 0.3) is 0 Å². The van der Waals surface area contributed by atoms with Gasteiger partial charge in [0.1, 0.15) is 0 Å². The van der Waals surface area contributed by atoms with Crippen molar-refractivity contribution in [2.75, 3.05) is 25.1 Å². The molecule has 1 saturated carbocycles. The molecule has 0 radical (unpaired) electrons. The molecule has 18 heavy (non-hydrogen) atoms. The molecule has 0 unspecified atom stereocenters. The van der Waals surface area contributed by atoms with Crippen molar-refractivity contribution >= 4 is 6.01 Å². The zero-order chi connectivity index (χ0) is 12.6. The van der Waals surface area contributed by atoms with Crippen molar-refractivity contribution in [1.29, 1.82) is 0 Å². The highest BCUT2D eigenvalue weighted by Gasteiger charge is 2.46. The predicted octanol–water partition coefficient (Wildman–Crippen LogP) is 2.16. The van der Waals surface area contributed by atoms with E-state index in [9.17, 15) is 0 Å². The molecular formula is C13H21N3O2. The van der Waals surface area contributed by atoms with E-state index >= 15 is 0 Å². The highest BCUT2D eigenvalue weighted by molar-refractivity contribution is 5.27. The first-order valence-electron chi connectivity index (χ1n) is 6.81. The second-order valence-corrected chi connectivity index (χ2v) is 5.61. The van der Waals surface area contributed by atoms with Gasteiger partial charge in [-0.25, -0.2) is 0 Å². The molecule has 1 saturated heterocycles. The van der Waals surface area contributed by atoms with Crippen molar-refractivity contribution in [2.24, 2.45) is 5.41 Å². The summed E-state index contributed by atoms with van der Waals surface area (Å²) in [6.45, 7) is 3.84. The summed E-state index contributed by atoms with van der Waals surface area (Å²) in [6.07, 6.45) is 6.55. The van der Waals surface area contributed by atoms with E-state index in [1.165, 1.54) is 32.1 Å². The molecule has 1 aromatic rings. The molecule has 0 amide bonds. The maximum absolute atomic E-state index is 5.70. The molecule has 2 heterocycles. The predicted molar refractivity (Wildman–Crippen MR) is 67.6 cm³/mol. The van der Waals surface area contributed by atoms with Gasteiger partial charge in [0, 0.05) is 32.5 Å². The van der Waals surface area contributed by atoms with E-state index < -0.39 is 0 Å². The van der Waals surface area contributed by atoms with Gasteiger partial charge < -0.3 is 14.1 Å². The molecule has 5 heteroatoms. The van der Waals surface area contributed by atoms with Crippen LogP contribution in [0.3, 0.4) is 0 Å². The van der Waals surface area contributed by atoms with Crippen LogP contribution >= 0.6 is 0 Å². The van der Waals surface area contributed by atoms with Gasteiger partial charge in [-0.2, -0.15) is 0 Å². The van der Waals surface area contributed by atoms with E-state index in [2.05, 4.69) is 15.1 Å². The third-order valence-corrected chi connectivity index (χ3v) is 4.50. The van der Waals surface area contributed by atoms with Gasteiger partial charge in [-0.15, -0.1) is 5.10 Å². The van der Waals surface area contributed by atoms with E-state index in [-0.39, 0.29) is 0 Å². The van der Waals surface area contributed by atoms with Gasteiger partial charge >= 0.3 is 6.01 Å². The van der Waals surface area contributed by atoms with Crippen LogP contribution in [0.1, 0.15) is 38.0 Å². The van der Waals surface area contributed by atoms with Crippen molar-refractivity contribution in [1.82, 2.24) is 10.2 Å². The maximum Gasteiger partial charge on any atom is 0.318 e. The SMILES string of the molecule is CO[C@@H]1CCC[C@]12CCCN(c1nnc(C)o1)C2. The van der Waals surface area contributed by atoms with E-state index in [0.717, 1.165) is 13.1 Å². The first-order valence-corrected chi connectivity index (χ1v) is 6.81. The molecule has 1 spiro atoms. The van der Waals surface area contributed by atoms with E-state index in [1.807, 2.05) is 14.0 Å². The van der Waals surface area contributed by atoms with Crippen LogP contribution in [0.5, 0.6) is 0 Å². The van der Waals surface area contributed by atoms with E-state index in [4.69, 9.17) is 9.15 Å². The number of rotatable bonds is 2. The smallest absolute Gasteiger partial charge is 0.318 e. The fraction of sp³-hybridized carbons (Fsp3) is 0.846. The van der Waals surface area contributed by atoms with Crippen molar-refractivity contribution < 1.29 is 9.15 Å². The molecule has 0 bridgehead atoms. The van der Waals surface area contributed by atoms with Crippen LogP contribution < -0.4 is 4.90 Å². The lowest BCUT2D eigenvalue weighted by Crippen LogP contribution is -2.48. The molecule has 100 valence electrons. The summed E-state index contributed by atoms with van der Waals surface area (Å²) in [4.78, 5) is 2.24. The highest BCUT2D eigenvalue weighted by Crippen LogP contribution is 2.46. The highest BCUT2D eigenvalue weighted by atomic mass is 16.5. The molecular weight excluding hydrogens is 230 g/mol. The average molecular weight is 251 g/mol. The molecule has 1 aromatic heterocycles. The van der Waals surface area contributed by atoms with Gasteiger partial charge in [-0.05, 0) is 25.7 Å². The summed E-state index contributed by atoms with van der Waals surface area (Å²) in [5, 5.41) is 8.07. The van der Waals surface area contributed by atoms with Crippen LogP contribution in [0.4, 0.5) is 6.01 Å². The van der Waals surface area contributed by atoms with E-state index in [1.54, 1.807) is 0 Å². The minimum absolute atomic E-state index is 0.301. The molecule has 5 nitrogen and oxygen atoms in total. The molecule has 2 fully saturated rings. The third kappa shape index (κ3) is 1.90. The minimum Gasteiger partial charge on any atom is -0.408 e. The van der Waals surface area contributed by atoms with Crippen LogP contribution in [0.2, 0.25) is 0 Å². The van der Waals surface area contributed by atoms with Crippen LogP contribution in [0, 0.1) is 12.3 Å². The normalized spacial score (nSPS) is 32.3. The van der Waals surface area contributed by atoms with Gasteiger partial charge in [0.25, 0.3) is 0 Å². The Morgan fingerprint density at radius 1 is 1.33 bits per heavy atom. The Morgan fingerprint density at radius 2 is 2.17 bits per heavy atom. The Bertz CT molecular complexity index is 420. The van der Waals surface area contributed by atoms with Crippen molar-refractivity contribution in [2.45, 2.75) is 45.1 Å². The maximum atomic E-state index is 5.70. The lowest BCUT2D eigenvalue weighted by atomic mass is 9.77. The summed E-state index contributed by atoms with van der Waals surface area (Å²) in [7, 11) is 1.84. The standard InChI is InChI=1S/C13H21N3O2/c1-10-14-15-12(18-10)16-8-4-7-13(9-16)6-3-5-11(13)17-2/h11H,3-9H2,1-2H3/t11-,13-/m1/s1. The summed E-state index contributed by atoms with van der Waals surface area (Å²) < 4.78 is 11.3. The second kappa shape index (κ2) is 4.53. The fourth-order valence-electron chi connectivity index (χ4n) is 3.68. The Hall–Kier alpha value is -1.10.